The molecule has 0 aliphatic rings. The molecule has 1 heterocycles. The van der Waals surface area contributed by atoms with Gasteiger partial charge in [0.2, 0.25) is 0 Å². The number of thiophene rings is 1. The molecule has 0 aliphatic heterocycles. The SMILES string of the molecule is CCc1ccsc1CNCc1ccccc1Br. The summed E-state index contributed by atoms with van der Waals surface area (Å²) in [5.74, 6) is 0. The lowest BCUT2D eigenvalue weighted by molar-refractivity contribution is 0.695. The van der Waals surface area contributed by atoms with Gasteiger partial charge in [0.15, 0.2) is 0 Å². The van der Waals surface area contributed by atoms with Crippen molar-refractivity contribution in [1.29, 1.82) is 0 Å². The Morgan fingerprint density at radius 2 is 1.94 bits per heavy atom. The molecule has 0 amide bonds. The van der Waals surface area contributed by atoms with Crippen LogP contribution in [-0.4, -0.2) is 0 Å². The van der Waals surface area contributed by atoms with Crippen LogP contribution < -0.4 is 5.32 Å². The van der Waals surface area contributed by atoms with E-state index < -0.39 is 0 Å². The Hall–Kier alpha value is -0.640. The maximum atomic E-state index is 3.57. The molecule has 0 saturated carbocycles. The van der Waals surface area contributed by atoms with Crippen molar-refractivity contribution in [2.45, 2.75) is 26.4 Å². The van der Waals surface area contributed by atoms with Crippen LogP contribution in [-0.2, 0) is 19.5 Å². The van der Waals surface area contributed by atoms with Gasteiger partial charge in [0, 0.05) is 22.4 Å². The summed E-state index contributed by atoms with van der Waals surface area (Å²) in [6.07, 6.45) is 1.12. The highest BCUT2D eigenvalue weighted by atomic mass is 79.9. The van der Waals surface area contributed by atoms with E-state index in [2.05, 4.69) is 57.8 Å². The van der Waals surface area contributed by atoms with E-state index in [1.165, 1.54) is 20.5 Å². The first-order chi connectivity index (χ1) is 8.31. The number of hydrogen-bond acceptors (Lipinski definition) is 2. The third-order valence-electron chi connectivity index (χ3n) is 2.78. The van der Waals surface area contributed by atoms with Gasteiger partial charge in [-0.25, -0.2) is 0 Å². The third-order valence-corrected chi connectivity index (χ3v) is 4.51. The minimum atomic E-state index is 0.905. The van der Waals surface area contributed by atoms with Gasteiger partial charge in [-0.2, -0.15) is 0 Å². The molecule has 0 saturated heterocycles. The number of hydrogen-bond donors (Lipinski definition) is 1. The minimum absolute atomic E-state index is 0.905. The van der Waals surface area contributed by atoms with Gasteiger partial charge in [-0.05, 0) is 35.1 Å². The molecule has 17 heavy (non-hydrogen) atoms. The number of benzene rings is 1. The summed E-state index contributed by atoms with van der Waals surface area (Å²) in [4.78, 5) is 1.46. The summed E-state index contributed by atoms with van der Waals surface area (Å²) in [6, 6.07) is 10.6. The number of aryl methyl sites for hydroxylation is 1. The lowest BCUT2D eigenvalue weighted by Gasteiger charge is -2.07. The quantitative estimate of drug-likeness (QED) is 0.865. The molecule has 1 nitrogen and oxygen atoms in total. The molecule has 1 aromatic heterocycles. The summed E-state index contributed by atoms with van der Waals surface area (Å²) in [5, 5.41) is 5.67. The Kier molecular flexibility index (Phi) is 4.77. The molecule has 0 aliphatic carbocycles. The minimum Gasteiger partial charge on any atom is -0.308 e. The average Bonchev–Trinajstić information content (AvgIpc) is 2.79. The Labute approximate surface area is 115 Å². The maximum absolute atomic E-state index is 3.57. The monoisotopic (exact) mass is 309 g/mol. The van der Waals surface area contributed by atoms with Crippen LogP contribution in [0.3, 0.4) is 0 Å². The molecule has 0 radical (unpaired) electrons. The van der Waals surface area contributed by atoms with Crippen molar-refractivity contribution in [2.24, 2.45) is 0 Å². The molecule has 0 atom stereocenters. The zero-order valence-electron chi connectivity index (χ0n) is 9.87. The third kappa shape index (κ3) is 3.41. The van der Waals surface area contributed by atoms with Crippen LogP contribution in [0, 0.1) is 0 Å². The Morgan fingerprint density at radius 1 is 1.12 bits per heavy atom. The molecule has 3 heteroatoms. The second kappa shape index (κ2) is 6.34. The molecule has 0 spiro atoms. The smallest absolute Gasteiger partial charge is 0.0305 e. The van der Waals surface area contributed by atoms with Crippen LogP contribution in [0.5, 0.6) is 0 Å². The highest BCUT2D eigenvalue weighted by molar-refractivity contribution is 9.10. The Bertz CT molecular complexity index is 479. The first-order valence-corrected chi connectivity index (χ1v) is 7.48. The van der Waals surface area contributed by atoms with Gasteiger partial charge >= 0.3 is 0 Å². The molecule has 2 rings (SSSR count). The van der Waals surface area contributed by atoms with E-state index in [4.69, 9.17) is 0 Å². The molecule has 1 aromatic carbocycles. The summed E-state index contributed by atoms with van der Waals surface area (Å²) >= 11 is 5.41. The highest BCUT2D eigenvalue weighted by Gasteiger charge is 2.02. The van der Waals surface area contributed by atoms with Crippen molar-refractivity contribution in [3.8, 4) is 0 Å². The van der Waals surface area contributed by atoms with Gasteiger partial charge in [-0.1, -0.05) is 41.1 Å². The average molecular weight is 310 g/mol. The topological polar surface area (TPSA) is 12.0 Å². The molecule has 0 bridgehead atoms. The summed E-state index contributed by atoms with van der Waals surface area (Å²) < 4.78 is 1.18. The second-order valence-corrected chi connectivity index (χ2v) is 5.77. The van der Waals surface area contributed by atoms with Crippen molar-refractivity contribution < 1.29 is 0 Å². The van der Waals surface area contributed by atoms with E-state index in [0.717, 1.165) is 19.5 Å². The summed E-state index contributed by atoms with van der Waals surface area (Å²) in [7, 11) is 0. The van der Waals surface area contributed by atoms with Gasteiger partial charge in [-0.3, -0.25) is 0 Å². The van der Waals surface area contributed by atoms with Crippen molar-refractivity contribution in [3.63, 3.8) is 0 Å². The van der Waals surface area contributed by atoms with Crippen LogP contribution >= 0.6 is 27.3 Å². The maximum Gasteiger partial charge on any atom is 0.0305 e. The zero-order chi connectivity index (χ0) is 12.1. The van der Waals surface area contributed by atoms with Crippen molar-refractivity contribution in [3.05, 3.63) is 56.2 Å². The fourth-order valence-corrected chi connectivity index (χ4v) is 3.16. The predicted molar refractivity (Wildman–Crippen MR) is 78.4 cm³/mol. The second-order valence-electron chi connectivity index (χ2n) is 3.92. The van der Waals surface area contributed by atoms with Crippen molar-refractivity contribution in [2.75, 3.05) is 0 Å². The summed E-state index contributed by atoms with van der Waals surface area (Å²) in [5.41, 5.74) is 2.77. The highest BCUT2D eigenvalue weighted by Crippen LogP contribution is 2.18. The van der Waals surface area contributed by atoms with E-state index in [-0.39, 0.29) is 0 Å². The first kappa shape index (κ1) is 12.8. The van der Waals surface area contributed by atoms with Gasteiger partial charge in [0.05, 0.1) is 0 Å². The Morgan fingerprint density at radius 3 is 2.71 bits per heavy atom. The molecule has 0 unspecified atom stereocenters. The van der Waals surface area contributed by atoms with E-state index in [0.29, 0.717) is 0 Å². The van der Waals surface area contributed by atoms with Crippen molar-refractivity contribution in [1.82, 2.24) is 5.32 Å². The van der Waals surface area contributed by atoms with Crippen LogP contribution in [0.4, 0.5) is 0 Å². The fourth-order valence-electron chi connectivity index (χ4n) is 1.79. The molecular formula is C14H16BrNS. The van der Waals surface area contributed by atoms with Gasteiger partial charge in [-0.15, -0.1) is 11.3 Å². The van der Waals surface area contributed by atoms with Crippen LogP contribution in [0.15, 0.2) is 40.2 Å². The normalized spacial score (nSPS) is 10.7. The molecule has 1 N–H and O–H groups in total. The van der Waals surface area contributed by atoms with E-state index >= 15 is 0 Å². The predicted octanol–water partition coefficient (Wildman–Crippen LogP) is 4.36. The lowest BCUT2D eigenvalue weighted by atomic mass is 10.2. The van der Waals surface area contributed by atoms with Gasteiger partial charge in [0.25, 0.3) is 0 Å². The standard InChI is InChI=1S/C14H16BrNS/c1-2-11-7-8-17-14(11)10-16-9-12-5-3-4-6-13(12)15/h3-8,16H,2,9-10H2,1H3. The Balaban J connectivity index is 1.90. The van der Waals surface area contributed by atoms with E-state index in [1.54, 1.807) is 0 Å². The zero-order valence-corrected chi connectivity index (χ0v) is 12.3. The van der Waals surface area contributed by atoms with E-state index in [1.807, 2.05) is 17.4 Å². The van der Waals surface area contributed by atoms with Crippen LogP contribution in [0.2, 0.25) is 0 Å². The number of halogens is 1. The van der Waals surface area contributed by atoms with Gasteiger partial charge in [0.1, 0.15) is 0 Å². The van der Waals surface area contributed by atoms with E-state index in [9.17, 15) is 0 Å². The first-order valence-electron chi connectivity index (χ1n) is 5.80. The van der Waals surface area contributed by atoms with Crippen LogP contribution in [0.25, 0.3) is 0 Å². The van der Waals surface area contributed by atoms with Gasteiger partial charge < -0.3 is 5.32 Å². The summed E-state index contributed by atoms with van der Waals surface area (Å²) in [6.45, 7) is 4.07. The fraction of sp³-hybridized carbons (Fsp3) is 0.286. The van der Waals surface area contributed by atoms with Crippen molar-refractivity contribution >= 4 is 27.3 Å². The molecule has 90 valence electrons. The molecule has 2 aromatic rings. The number of nitrogens with one attached hydrogen (secondary N) is 1. The van der Waals surface area contributed by atoms with Crippen LogP contribution in [0.1, 0.15) is 22.9 Å². The number of rotatable bonds is 5. The molecular weight excluding hydrogens is 294 g/mol. The molecule has 0 fully saturated rings. The lowest BCUT2D eigenvalue weighted by Crippen LogP contribution is -2.13. The largest absolute Gasteiger partial charge is 0.308 e.